The van der Waals surface area contributed by atoms with Gasteiger partial charge in [-0.25, -0.2) is 4.79 Å². The minimum Gasteiger partial charge on any atom is -0.445 e. The Labute approximate surface area is 259 Å². The second-order valence-corrected chi connectivity index (χ2v) is 12.0. The minimum atomic E-state index is -5.81. The van der Waals surface area contributed by atoms with E-state index in [-0.39, 0.29) is 43.6 Å². The van der Waals surface area contributed by atoms with Crippen molar-refractivity contribution in [2.24, 2.45) is 17.8 Å². The van der Waals surface area contributed by atoms with Crippen molar-refractivity contribution >= 4 is 23.7 Å². The molecule has 0 fully saturated rings. The molecule has 3 N–H and O–H groups in total. The summed E-state index contributed by atoms with van der Waals surface area (Å²) in [6.07, 6.45) is -16.6. The third-order valence-corrected chi connectivity index (χ3v) is 6.27. The number of benzene rings is 1. The average molecular weight is 656 g/mol. The zero-order chi connectivity index (χ0) is 34.5. The van der Waals surface area contributed by atoms with E-state index in [2.05, 4.69) is 20.7 Å². The monoisotopic (exact) mass is 655 g/mol. The maximum Gasteiger partial charge on any atom is 0.423 e. The van der Waals surface area contributed by atoms with Crippen molar-refractivity contribution < 1.29 is 55.0 Å². The summed E-state index contributed by atoms with van der Waals surface area (Å²) in [5, 5.41) is 7.41. The molecule has 0 unspecified atom stereocenters. The molecule has 45 heavy (non-hydrogen) atoms. The molecule has 9 nitrogen and oxygen atoms in total. The number of hydrogen-bond acceptors (Lipinski definition) is 6. The smallest absolute Gasteiger partial charge is 0.423 e. The SMILES string of the molecule is CC(C)C[C@H](NC(=O)[C@H](CC(C)C)NC(=O)[C@H](CC(C)C)NC(=O)OCc1ccccc1)C(=O)COC(C(F)(F)F)C(F)(F)F. The normalized spacial score (nSPS) is 14.3. The number of hydrogen-bond donors (Lipinski definition) is 3. The van der Waals surface area contributed by atoms with Crippen molar-refractivity contribution in [2.75, 3.05) is 6.61 Å². The summed E-state index contributed by atoms with van der Waals surface area (Å²) in [6.45, 7) is 8.76. The Kier molecular flexibility index (Phi) is 15.8. The van der Waals surface area contributed by atoms with Gasteiger partial charge >= 0.3 is 18.4 Å². The van der Waals surface area contributed by atoms with Gasteiger partial charge in [-0.15, -0.1) is 0 Å². The lowest BCUT2D eigenvalue weighted by Gasteiger charge is -2.28. The lowest BCUT2D eigenvalue weighted by Crippen LogP contribution is -2.56. The molecule has 0 saturated carbocycles. The fourth-order valence-corrected chi connectivity index (χ4v) is 4.24. The first-order valence-electron chi connectivity index (χ1n) is 14.6. The van der Waals surface area contributed by atoms with Crippen LogP contribution in [0.25, 0.3) is 0 Å². The number of Topliss-reactive ketones (excluding diaryl/α,β-unsaturated/α-hetero) is 1. The van der Waals surface area contributed by atoms with E-state index in [1.54, 1.807) is 58.0 Å². The van der Waals surface area contributed by atoms with E-state index in [0.717, 1.165) is 5.56 Å². The van der Waals surface area contributed by atoms with Crippen LogP contribution in [0.4, 0.5) is 31.1 Å². The molecule has 0 aromatic heterocycles. The van der Waals surface area contributed by atoms with Crippen LogP contribution in [0.1, 0.15) is 66.4 Å². The molecular weight excluding hydrogens is 612 g/mol. The summed E-state index contributed by atoms with van der Waals surface area (Å²) in [7, 11) is 0. The third kappa shape index (κ3) is 15.5. The lowest BCUT2D eigenvalue weighted by atomic mass is 9.97. The Morgan fingerprint density at radius 2 is 1.09 bits per heavy atom. The summed E-state index contributed by atoms with van der Waals surface area (Å²) in [4.78, 5) is 51.8. The molecule has 0 spiro atoms. The third-order valence-electron chi connectivity index (χ3n) is 6.27. The molecular formula is C30H43F6N3O6. The summed E-state index contributed by atoms with van der Waals surface area (Å²) in [5.41, 5.74) is 0.717. The van der Waals surface area contributed by atoms with Gasteiger partial charge in [0.15, 0.2) is 5.78 Å². The first kappa shape index (κ1) is 39.7. The largest absolute Gasteiger partial charge is 0.445 e. The molecule has 0 saturated heterocycles. The average Bonchev–Trinajstić information content (AvgIpc) is 2.89. The molecule has 0 aliphatic heterocycles. The van der Waals surface area contributed by atoms with Crippen molar-refractivity contribution in [1.82, 2.24) is 16.0 Å². The first-order chi connectivity index (χ1) is 20.7. The van der Waals surface area contributed by atoms with Crippen molar-refractivity contribution in [2.45, 2.75) is 104 Å². The number of rotatable bonds is 17. The summed E-state index contributed by atoms with van der Waals surface area (Å²) in [5.74, 6) is -3.36. The van der Waals surface area contributed by atoms with Gasteiger partial charge in [0.05, 0.1) is 6.04 Å². The summed E-state index contributed by atoms with van der Waals surface area (Å²) >= 11 is 0. The van der Waals surface area contributed by atoms with Gasteiger partial charge in [-0.2, -0.15) is 26.3 Å². The molecule has 256 valence electrons. The molecule has 0 radical (unpaired) electrons. The number of amides is 3. The van der Waals surface area contributed by atoms with Crippen LogP contribution in [0, 0.1) is 17.8 Å². The van der Waals surface area contributed by atoms with Crippen molar-refractivity contribution in [3.63, 3.8) is 0 Å². The van der Waals surface area contributed by atoms with E-state index in [1.165, 1.54) is 0 Å². The number of nitrogens with one attached hydrogen (secondary N) is 3. The fourth-order valence-electron chi connectivity index (χ4n) is 4.24. The van der Waals surface area contributed by atoms with E-state index >= 15 is 0 Å². The van der Waals surface area contributed by atoms with Gasteiger partial charge in [-0.3, -0.25) is 14.4 Å². The highest BCUT2D eigenvalue weighted by Gasteiger charge is 2.58. The predicted molar refractivity (Wildman–Crippen MR) is 153 cm³/mol. The molecule has 0 heterocycles. The van der Waals surface area contributed by atoms with Gasteiger partial charge in [0.25, 0.3) is 0 Å². The van der Waals surface area contributed by atoms with Crippen LogP contribution in [-0.4, -0.2) is 66.9 Å². The van der Waals surface area contributed by atoms with Crippen LogP contribution in [0.15, 0.2) is 30.3 Å². The Balaban J connectivity index is 3.05. The van der Waals surface area contributed by atoms with Gasteiger partial charge in [0.2, 0.25) is 17.9 Å². The Hall–Kier alpha value is -3.36. The number of halogens is 6. The quantitative estimate of drug-likeness (QED) is 0.192. The molecule has 3 amide bonds. The molecule has 0 bridgehead atoms. The zero-order valence-corrected chi connectivity index (χ0v) is 26.2. The topological polar surface area (TPSA) is 123 Å². The van der Waals surface area contributed by atoms with Crippen LogP contribution in [-0.2, 0) is 30.5 Å². The Bertz CT molecular complexity index is 1080. The van der Waals surface area contributed by atoms with Gasteiger partial charge in [0.1, 0.15) is 25.3 Å². The fraction of sp³-hybridized carbons (Fsp3) is 0.667. The standard InChI is InChI=1S/C30H43F6N3O6/c1-17(2)12-21(24(40)16-44-27(29(31,32)33)30(34,35)36)37-25(41)22(13-18(3)4)38-26(42)23(14-19(5)6)39-28(43)45-15-20-10-8-7-9-11-20/h7-11,17-19,21-23,27H,12-16H2,1-6H3,(H,37,41)(H,38,42)(H,39,43)/t21-,22-,23-/m0/s1. The number of ether oxygens (including phenoxy) is 2. The van der Waals surface area contributed by atoms with E-state index in [1.807, 2.05) is 13.8 Å². The molecule has 0 aliphatic rings. The molecule has 1 aromatic rings. The Morgan fingerprint density at radius 3 is 1.53 bits per heavy atom. The number of carbonyl (C=O) groups excluding carboxylic acids is 4. The zero-order valence-electron chi connectivity index (χ0n) is 26.2. The number of carbonyl (C=O) groups is 4. The number of alkyl carbamates (subject to hydrolysis) is 1. The van der Waals surface area contributed by atoms with E-state index in [9.17, 15) is 45.5 Å². The lowest BCUT2D eigenvalue weighted by molar-refractivity contribution is -0.319. The number of ketones is 1. The van der Waals surface area contributed by atoms with Crippen molar-refractivity contribution in [3.05, 3.63) is 35.9 Å². The summed E-state index contributed by atoms with van der Waals surface area (Å²) in [6, 6.07) is 4.95. The maximum atomic E-state index is 13.3. The van der Waals surface area contributed by atoms with Crippen LogP contribution in [0.5, 0.6) is 0 Å². The molecule has 0 aliphatic carbocycles. The second kappa shape index (κ2) is 18.0. The second-order valence-electron chi connectivity index (χ2n) is 12.0. The van der Waals surface area contributed by atoms with E-state index in [4.69, 9.17) is 4.74 Å². The Morgan fingerprint density at radius 1 is 0.667 bits per heavy atom. The molecule has 1 rings (SSSR count). The van der Waals surface area contributed by atoms with Crippen LogP contribution in [0.3, 0.4) is 0 Å². The first-order valence-corrected chi connectivity index (χ1v) is 14.6. The van der Waals surface area contributed by atoms with Crippen LogP contribution < -0.4 is 16.0 Å². The minimum absolute atomic E-state index is 0.0528. The molecule has 15 heteroatoms. The van der Waals surface area contributed by atoms with Crippen LogP contribution in [0.2, 0.25) is 0 Å². The molecule has 1 aromatic carbocycles. The van der Waals surface area contributed by atoms with E-state index < -0.39 is 66.9 Å². The van der Waals surface area contributed by atoms with Crippen molar-refractivity contribution in [1.29, 1.82) is 0 Å². The van der Waals surface area contributed by atoms with Gasteiger partial charge in [0, 0.05) is 0 Å². The highest BCUT2D eigenvalue weighted by molar-refractivity contribution is 5.94. The van der Waals surface area contributed by atoms with Crippen LogP contribution >= 0.6 is 0 Å². The van der Waals surface area contributed by atoms with Crippen molar-refractivity contribution in [3.8, 4) is 0 Å². The highest BCUT2D eigenvalue weighted by atomic mass is 19.4. The highest BCUT2D eigenvalue weighted by Crippen LogP contribution is 2.35. The predicted octanol–water partition coefficient (Wildman–Crippen LogP) is 5.47. The van der Waals surface area contributed by atoms with E-state index in [0.29, 0.717) is 0 Å². The van der Waals surface area contributed by atoms with Gasteiger partial charge in [-0.1, -0.05) is 71.9 Å². The number of alkyl halides is 6. The maximum absolute atomic E-state index is 13.3. The summed E-state index contributed by atoms with van der Waals surface area (Å²) < 4.78 is 86.4. The van der Waals surface area contributed by atoms with Gasteiger partial charge in [-0.05, 0) is 42.6 Å². The molecule has 3 atom stereocenters. The van der Waals surface area contributed by atoms with Gasteiger partial charge < -0.3 is 25.4 Å².